The summed E-state index contributed by atoms with van der Waals surface area (Å²) in [7, 11) is 0. The zero-order valence-electron chi connectivity index (χ0n) is 10.7. The van der Waals surface area contributed by atoms with Crippen LogP contribution in [0.4, 0.5) is 0 Å². The Morgan fingerprint density at radius 3 is 2.68 bits per heavy atom. The first-order valence-corrected chi connectivity index (χ1v) is 7.46. The molecule has 2 aromatic heterocycles. The average molecular weight is 272 g/mol. The van der Waals surface area contributed by atoms with Crippen molar-refractivity contribution in [1.29, 1.82) is 0 Å². The molecule has 98 valence electrons. The molecule has 0 aromatic carbocycles. The van der Waals surface area contributed by atoms with E-state index in [0.717, 1.165) is 25.9 Å². The van der Waals surface area contributed by atoms with E-state index in [1.54, 1.807) is 12.3 Å². The monoisotopic (exact) mass is 272 g/mol. The van der Waals surface area contributed by atoms with Gasteiger partial charge in [-0.15, -0.1) is 11.3 Å². The second-order valence-electron chi connectivity index (χ2n) is 4.80. The Labute approximate surface area is 116 Å². The van der Waals surface area contributed by atoms with Gasteiger partial charge < -0.3 is 4.90 Å². The van der Waals surface area contributed by atoms with Crippen LogP contribution in [0.5, 0.6) is 0 Å². The number of carbonyl (C=O) groups excluding carboxylic acids is 1. The van der Waals surface area contributed by atoms with E-state index in [1.165, 1.54) is 4.88 Å². The molecule has 1 saturated heterocycles. The van der Waals surface area contributed by atoms with E-state index < -0.39 is 0 Å². The van der Waals surface area contributed by atoms with Gasteiger partial charge in [-0.3, -0.25) is 9.78 Å². The second-order valence-corrected chi connectivity index (χ2v) is 5.78. The van der Waals surface area contributed by atoms with Gasteiger partial charge in [0, 0.05) is 24.2 Å². The quantitative estimate of drug-likeness (QED) is 0.841. The Hall–Kier alpha value is -1.68. The minimum atomic E-state index is 0.0604. The van der Waals surface area contributed by atoms with Crippen LogP contribution < -0.4 is 0 Å². The number of hydrogen-bond acceptors (Lipinski definition) is 3. The van der Waals surface area contributed by atoms with Crippen LogP contribution in [-0.4, -0.2) is 28.9 Å². The SMILES string of the molecule is O=C(c1ccccn1)N1CCC(c2cccs2)CC1. The van der Waals surface area contributed by atoms with Crippen LogP contribution in [0.25, 0.3) is 0 Å². The summed E-state index contributed by atoms with van der Waals surface area (Å²) in [4.78, 5) is 19.8. The fourth-order valence-corrected chi connectivity index (χ4v) is 3.44. The van der Waals surface area contributed by atoms with Gasteiger partial charge in [0.05, 0.1) is 0 Å². The second kappa shape index (κ2) is 5.53. The Morgan fingerprint density at radius 2 is 2.05 bits per heavy atom. The molecule has 0 N–H and O–H groups in total. The van der Waals surface area contributed by atoms with Gasteiger partial charge >= 0.3 is 0 Å². The first-order valence-electron chi connectivity index (χ1n) is 6.58. The predicted molar refractivity (Wildman–Crippen MR) is 76.4 cm³/mol. The maximum absolute atomic E-state index is 12.3. The standard InChI is InChI=1S/C15H16N2OS/c18-15(13-4-1-2-8-16-13)17-9-6-12(7-10-17)14-5-3-11-19-14/h1-5,8,11-12H,6-7,9-10H2. The van der Waals surface area contributed by atoms with Crippen molar-refractivity contribution in [3.63, 3.8) is 0 Å². The number of amides is 1. The van der Waals surface area contributed by atoms with E-state index in [-0.39, 0.29) is 5.91 Å². The Bertz CT molecular complexity index is 531. The number of nitrogens with zero attached hydrogens (tertiary/aromatic N) is 2. The molecule has 2 aromatic rings. The van der Waals surface area contributed by atoms with Crippen LogP contribution in [0.1, 0.15) is 34.1 Å². The van der Waals surface area contributed by atoms with E-state index in [0.29, 0.717) is 11.6 Å². The summed E-state index contributed by atoms with van der Waals surface area (Å²) in [5, 5.41) is 2.13. The molecule has 0 bridgehead atoms. The molecule has 1 aliphatic rings. The first kappa shape index (κ1) is 12.4. The molecule has 19 heavy (non-hydrogen) atoms. The normalized spacial score (nSPS) is 16.5. The van der Waals surface area contributed by atoms with Gasteiger partial charge in [0.2, 0.25) is 0 Å². The largest absolute Gasteiger partial charge is 0.337 e. The smallest absolute Gasteiger partial charge is 0.272 e. The lowest BCUT2D eigenvalue weighted by atomic mass is 9.95. The number of aromatic nitrogens is 1. The summed E-state index contributed by atoms with van der Waals surface area (Å²) in [6, 6.07) is 9.78. The molecular weight excluding hydrogens is 256 g/mol. The van der Waals surface area contributed by atoms with Gasteiger partial charge in [0.1, 0.15) is 5.69 Å². The molecule has 1 amide bonds. The van der Waals surface area contributed by atoms with Crippen molar-refractivity contribution < 1.29 is 4.79 Å². The van der Waals surface area contributed by atoms with Crippen LogP contribution >= 0.6 is 11.3 Å². The summed E-state index contributed by atoms with van der Waals surface area (Å²) >= 11 is 1.82. The molecule has 0 unspecified atom stereocenters. The van der Waals surface area contributed by atoms with Crippen molar-refractivity contribution in [2.75, 3.05) is 13.1 Å². The molecule has 0 aliphatic carbocycles. The molecule has 0 spiro atoms. The van der Waals surface area contributed by atoms with Crippen molar-refractivity contribution >= 4 is 17.2 Å². The van der Waals surface area contributed by atoms with Crippen LogP contribution in [0.3, 0.4) is 0 Å². The molecular formula is C15H16N2OS. The third kappa shape index (κ3) is 2.68. The molecule has 3 heterocycles. The van der Waals surface area contributed by atoms with E-state index in [4.69, 9.17) is 0 Å². The lowest BCUT2D eigenvalue weighted by molar-refractivity contribution is 0.0708. The van der Waals surface area contributed by atoms with Crippen LogP contribution in [-0.2, 0) is 0 Å². The molecule has 3 rings (SSSR count). The van der Waals surface area contributed by atoms with Crippen molar-refractivity contribution in [2.24, 2.45) is 0 Å². The van der Waals surface area contributed by atoms with Crippen molar-refractivity contribution in [2.45, 2.75) is 18.8 Å². The molecule has 1 fully saturated rings. The van der Waals surface area contributed by atoms with Crippen LogP contribution in [0, 0.1) is 0 Å². The maximum Gasteiger partial charge on any atom is 0.272 e. The minimum absolute atomic E-state index is 0.0604. The third-order valence-electron chi connectivity index (χ3n) is 3.61. The molecule has 0 saturated carbocycles. The lowest BCUT2D eigenvalue weighted by Gasteiger charge is -2.31. The molecule has 3 nitrogen and oxygen atoms in total. The van der Waals surface area contributed by atoms with Gasteiger partial charge in [-0.05, 0) is 42.3 Å². The fourth-order valence-electron chi connectivity index (χ4n) is 2.54. The zero-order valence-corrected chi connectivity index (χ0v) is 11.5. The summed E-state index contributed by atoms with van der Waals surface area (Å²) in [5.41, 5.74) is 0.553. The third-order valence-corrected chi connectivity index (χ3v) is 4.65. The Morgan fingerprint density at radius 1 is 1.21 bits per heavy atom. The summed E-state index contributed by atoms with van der Waals surface area (Å²) in [6.07, 6.45) is 3.78. The highest BCUT2D eigenvalue weighted by molar-refractivity contribution is 7.10. The topological polar surface area (TPSA) is 33.2 Å². The van der Waals surface area contributed by atoms with Crippen LogP contribution in [0.15, 0.2) is 41.9 Å². The van der Waals surface area contributed by atoms with Gasteiger partial charge in [-0.25, -0.2) is 0 Å². The first-order chi connectivity index (χ1) is 9.34. The van der Waals surface area contributed by atoms with E-state index in [2.05, 4.69) is 22.5 Å². The van der Waals surface area contributed by atoms with Gasteiger partial charge in [0.25, 0.3) is 5.91 Å². The predicted octanol–water partition coefficient (Wildman–Crippen LogP) is 3.16. The highest BCUT2D eigenvalue weighted by atomic mass is 32.1. The molecule has 4 heteroatoms. The number of carbonyl (C=O) groups is 1. The number of hydrogen-bond donors (Lipinski definition) is 0. The summed E-state index contributed by atoms with van der Waals surface area (Å²) < 4.78 is 0. The number of thiophene rings is 1. The maximum atomic E-state index is 12.3. The highest BCUT2D eigenvalue weighted by Gasteiger charge is 2.25. The van der Waals surface area contributed by atoms with Gasteiger partial charge in [0.15, 0.2) is 0 Å². The zero-order chi connectivity index (χ0) is 13.1. The lowest BCUT2D eigenvalue weighted by Crippen LogP contribution is -2.38. The summed E-state index contributed by atoms with van der Waals surface area (Å²) in [5.74, 6) is 0.679. The number of pyridine rings is 1. The fraction of sp³-hybridized carbons (Fsp3) is 0.333. The van der Waals surface area contributed by atoms with E-state index >= 15 is 0 Å². The van der Waals surface area contributed by atoms with Crippen LogP contribution in [0.2, 0.25) is 0 Å². The Kier molecular flexibility index (Phi) is 3.60. The number of rotatable bonds is 2. The highest BCUT2D eigenvalue weighted by Crippen LogP contribution is 2.31. The van der Waals surface area contributed by atoms with E-state index in [9.17, 15) is 4.79 Å². The van der Waals surface area contributed by atoms with Gasteiger partial charge in [-0.1, -0.05) is 12.1 Å². The molecule has 1 aliphatic heterocycles. The summed E-state index contributed by atoms with van der Waals surface area (Å²) in [6.45, 7) is 1.66. The van der Waals surface area contributed by atoms with Crippen molar-refractivity contribution in [3.05, 3.63) is 52.5 Å². The number of likely N-dealkylation sites (tertiary alicyclic amines) is 1. The number of piperidine rings is 1. The van der Waals surface area contributed by atoms with Gasteiger partial charge in [-0.2, -0.15) is 0 Å². The van der Waals surface area contributed by atoms with Crippen molar-refractivity contribution in [1.82, 2.24) is 9.88 Å². The van der Waals surface area contributed by atoms with E-state index in [1.807, 2.05) is 28.4 Å². The molecule has 0 radical (unpaired) electrons. The average Bonchev–Trinajstić information content (AvgIpc) is 3.02. The Balaban J connectivity index is 1.63. The minimum Gasteiger partial charge on any atom is -0.337 e. The molecule has 0 atom stereocenters. The van der Waals surface area contributed by atoms with Crippen molar-refractivity contribution in [3.8, 4) is 0 Å².